The predicted octanol–water partition coefficient (Wildman–Crippen LogP) is 1.59. The monoisotopic (exact) mass is 259 g/mol. The van der Waals surface area contributed by atoms with Crippen molar-refractivity contribution in [2.45, 2.75) is 13.3 Å². The van der Waals surface area contributed by atoms with E-state index in [0.29, 0.717) is 5.76 Å². The first kappa shape index (κ1) is 16.1. The molecular weight excluding hydrogens is 236 g/mol. The largest absolute Gasteiger partial charge is 0.492 e. The zero-order valence-electron chi connectivity index (χ0n) is 11.0. The molecule has 98 valence electrons. The molecule has 0 saturated carbocycles. The molecule has 0 spiro atoms. The van der Waals surface area contributed by atoms with Crippen LogP contribution in [0.5, 0.6) is 0 Å². The average Bonchev–Trinajstić information content (AvgIpc) is 2.26. The van der Waals surface area contributed by atoms with Gasteiger partial charge in [-0.3, -0.25) is 0 Å². The van der Waals surface area contributed by atoms with Gasteiger partial charge in [0.2, 0.25) is 0 Å². The number of hydrogen-bond acceptors (Lipinski definition) is 3. The van der Waals surface area contributed by atoms with E-state index in [1.165, 1.54) is 24.3 Å². The SMILES string of the molecule is C\C=C(/C=C\C(=C\[S+](C)(N)=O)OC)CCNC. The van der Waals surface area contributed by atoms with Crippen LogP contribution in [0, 0.1) is 0 Å². The van der Waals surface area contributed by atoms with Gasteiger partial charge in [-0.1, -0.05) is 21.9 Å². The summed E-state index contributed by atoms with van der Waals surface area (Å²) in [5, 5.41) is 9.97. The summed E-state index contributed by atoms with van der Waals surface area (Å²) >= 11 is 0. The third kappa shape index (κ3) is 8.85. The van der Waals surface area contributed by atoms with E-state index in [0.717, 1.165) is 13.0 Å². The van der Waals surface area contributed by atoms with Crippen molar-refractivity contribution in [3.63, 3.8) is 0 Å². The van der Waals surface area contributed by atoms with E-state index >= 15 is 0 Å². The Morgan fingerprint density at radius 2 is 2.12 bits per heavy atom. The van der Waals surface area contributed by atoms with Gasteiger partial charge in [0.05, 0.1) is 7.11 Å². The summed E-state index contributed by atoms with van der Waals surface area (Å²) in [7, 11) is 1.02. The Kier molecular flexibility index (Phi) is 7.78. The number of allylic oxidation sites excluding steroid dienone is 3. The molecule has 0 bridgehead atoms. The van der Waals surface area contributed by atoms with Gasteiger partial charge in [0, 0.05) is 0 Å². The highest BCUT2D eigenvalue weighted by atomic mass is 32.3. The van der Waals surface area contributed by atoms with Gasteiger partial charge in [0.15, 0.2) is 21.3 Å². The highest BCUT2D eigenvalue weighted by Crippen LogP contribution is 2.08. The Balaban J connectivity index is 4.66. The fraction of sp³-hybridized carbons (Fsp3) is 0.500. The first-order valence-corrected chi connectivity index (χ1v) is 7.52. The highest BCUT2D eigenvalue weighted by Gasteiger charge is 2.11. The minimum absolute atomic E-state index is 0.517. The maximum Gasteiger partial charge on any atom is 0.183 e. The van der Waals surface area contributed by atoms with E-state index in [1.807, 2.05) is 26.1 Å². The molecule has 0 aliphatic rings. The Labute approximate surface area is 105 Å². The number of nitrogens with one attached hydrogen (secondary N) is 1. The van der Waals surface area contributed by atoms with E-state index in [1.54, 1.807) is 6.08 Å². The molecule has 0 rings (SSSR count). The highest BCUT2D eigenvalue weighted by molar-refractivity contribution is 8.02. The predicted molar refractivity (Wildman–Crippen MR) is 74.7 cm³/mol. The molecule has 5 heteroatoms. The second kappa shape index (κ2) is 8.22. The zero-order valence-corrected chi connectivity index (χ0v) is 11.8. The molecule has 3 N–H and O–H groups in total. The molecule has 0 aromatic heterocycles. The van der Waals surface area contributed by atoms with E-state index in [9.17, 15) is 4.21 Å². The summed E-state index contributed by atoms with van der Waals surface area (Å²) in [6, 6.07) is 0. The summed E-state index contributed by atoms with van der Waals surface area (Å²) in [6.45, 7) is 2.90. The standard InChI is InChI=1S/C12H23N2O2S/c1-5-11(8-9-14-2)6-7-12(16-3)10-17(4,13)15/h5-7,10,14H,8-9H2,1-4H3,(H2,13,15)/q+1/b7-6-,11-5+,12-10-. The van der Waals surface area contributed by atoms with E-state index in [-0.39, 0.29) is 0 Å². The molecular formula is C12H23N2O2S+. The second-order valence-electron chi connectivity index (χ2n) is 3.74. The molecule has 0 aromatic carbocycles. The van der Waals surface area contributed by atoms with E-state index in [4.69, 9.17) is 9.88 Å². The summed E-state index contributed by atoms with van der Waals surface area (Å²) in [5.74, 6) is 0.517. The van der Waals surface area contributed by atoms with Crippen molar-refractivity contribution >= 4 is 10.1 Å². The van der Waals surface area contributed by atoms with Crippen LogP contribution >= 0.6 is 0 Å². The van der Waals surface area contributed by atoms with Crippen LogP contribution in [0.3, 0.4) is 0 Å². The van der Waals surface area contributed by atoms with Crippen molar-refractivity contribution in [1.29, 1.82) is 0 Å². The van der Waals surface area contributed by atoms with Crippen LogP contribution < -0.4 is 10.5 Å². The second-order valence-corrected chi connectivity index (χ2v) is 5.91. The maximum absolute atomic E-state index is 11.4. The first-order valence-electron chi connectivity index (χ1n) is 5.43. The molecule has 17 heavy (non-hydrogen) atoms. The number of methoxy groups -OCH3 is 1. The molecule has 0 radical (unpaired) electrons. The lowest BCUT2D eigenvalue weighted by Crippen LogP contribution is -2.16. The Morgan fingerprint density at radius 1 is 1.47 bits per heavy atom. The third-order valence-corrected chi connectivity index (χ3v) is 2.78. The number of nitrogens with two attached hydrogens (primary N) is 1. The lowest BCUT2D eigenvalue weighted by molar-refractivity contribution is 0.307. The van der Waals surface area contributed by atoms with Crippen LogP contribution in [0.2, 0.25) is 0 Å². The fourth-order valence-corrected chi connectivity index (χ4v) is 1.80. The summed E-state index contributed by atoms with van der Waals surface area (Å²) in [5.41, 5.74) is 1.18. The van der Waals surface area contributed by atoms with Gasteiger partial charge < -0.3 is 10.1 Å². The van der Waals surface area contributed by atoms with Crippen molar-refractivity contribution in [3.8, 4) is 0 Å². The lowest BCUT2D eigenvalue weighted by Gasteiger charge is -2.02. The minimum Gasteiger partial charge on any atom is -0.492 e. The smallest absolute Gasteiger partial charge is 0.183 e. The van der Waals surface area contributed by atoms with Crippen LogP contribution in [0.1, 0.15) is 13.3 Å². The van der Waals surface area contributed by atoms with E-state index < -0.39 is 10.1 Å². The van der Waals surface area contributed by atoms with Gasteiger partial charge >= 0.3 is 0 Å². The molecule has 0 heterocycles. The van der Waals surface area contributed by atoms with Crippen LogP contribution in [-0.2, 0) is 19.1 Å². The molecule has 0 aliphatic heterocycles. The molecule has 0 saturated heterocycles. The summed E-state index contributed by atoms with van der Waals surface area (Å²) in [6.07, 6.45) is 8.16. The van der Waals surface area contributed by atoms with Crippen LogP contribution in [-0.4, -0.2) is 27.0 Å². The third-order valence-electron chi connectivity index (χ3n) is 2.08. The van der Waals surface area contributed by atoms with Crippen molar-refractivity contribution < 1.29 is 8.95 Å². The van der Waals surface area contributed by atoms with Gasteiger partial charge in [0.1, 0.15) is 6.26 Å². The number of rotatable bonds is 7. The van der Waals surface area contributed by atoms with Crippen molar-refractivity contribution in [2.24, 2.45) is 5.14 Å². The molecule has 0 fully saturated rings. The van der Waals surface area contributed by atoms with Crippen molar-refractivity contribution in [1.82, 2.24) is 5.32 Å². The van der Waals surface area contributed by atoms with Crippen LogP contribution in [0.4, 0.5) is 0 Å². The fourth-order valence-electron chi connectivity index (χ4n) is 1.17. The van der Waals surface area contributed by atoms with Crippen molar-refractivity contribution in [2.75, 3.05) is 27.0 Å². The number of hydrogen-bond donors (Lipinski definition) is 2. The summed E-state index contributed by atoms with van der Waals surface area (Å²) < 4.78 is 16.5. The topological polar surface area (TPSA) is 64.4 Å². The Morgan fingerprint density at radius 3 is 2.53 bits per heavy atom. The molecule has 1 atom stereocenters. The Bertz CT molecular complexity index is 354. The molecule has 1 unspecified atom stereocenters. The summed E-state index contributed by atoms with van der Waals surface area (Å²) in [4.78, 5) is 0. The van der Waals surface area contributed by atoms with Crippen molar-refractivity contribution in [3.05, 3.63) is 35.0 Å². The van der Waals surface area contributed by atoms with Gasteiger partial charge in [0.25, 0.3) is 0 Å². The Hall–Kier alpha value is -0.910. The maximum atomic E-state index is 11.4. The van der Waals surface area contributed by atoms with Gasteiger partial charge in [-0.2, -0.15) is 0 Å². The van der Waals surface area contributed by atoms with Gasteiger partial charge in [-0.05, 0) is 33.0 Å². The molecule has 0 amide bonds. The number of ether oxygens (including phenoxy) is 1. The zero-order chi connectivity index (χ0) is 13.3. The molecule has 0 aliphatic carbocycles. The van der Waals surface area contributed by atoms with Crippen LogP contribution in [0.25, 0.3) is 0 Å². The average molecular weight is 259 g/mol. The van der Waals surface area contributed by atoms with Gasteiger partial charge in [-0.15, -0.1) is 5.14 Å². The normalized spacial score (nSPS) is 17.2. The first-order chi connectivity index (χ1) is 7.92. The van der Waals surface area contributed by atoms with Crippen LogP contribution in [0.15, 0.2) is 35.0 Å². The molecule has 4 nitrogen and oxygen atoms in total. The molecule has 0 aromatic rings. The minimum atomic E-state index is -2.43. The van der Waals surface area contributed by atoms with Gasteiger partial charge in [-0.25, -0.2) is 0 Å². The van der Waals surface area contributed by atoms with E-state index in [2.05, 4.69) is 5.32 Å². The quantitative estimate of drug-likeness (QED) is 0.414. The lowest BCUT2D eigenvalue weighted by atomic mass is 10.1.